The highest BCUT2D eigenvalue weighted by atomic mass is 16.3. The van der Waals surface area contributed by atoms with Crippen LogP contribution in [0.1, 0.15) is 122 Å². The van der Waals surface area contributed by atoms with Crippen LogP contribution >= 0.6 is 0 Å². The molecule has 0 amide bonds. The largest absolute Gasteiger partial charge is 0.508 e. The maximum Gasteiger partial charge on any atom is 0.116 e. The van der Waals surface area contributed by atoms with E-state index < -0.39 is 0 Å². The monoisotopic (exact) mass is 386 g/mol. The van der Waals surface area contributed by atoms with Gasteiger partial charge < -0.3 is 5.11 Å². The second-order valence-corrected chi connectivity index (χ2v) is 10.7. The summed E-state index contributed by atoms with van der Waals surface area (Å²) in [5.41, 5.74) is 3.88. The van der Waals surface area contributed by atoms with E-state index in [1.54, 1.807) is 0 Å². The van der Waals surface area contributed by atoms with Crippen LogP contribution in [0.25, 0.3) is 0 Å². The van der Waals surface area contributed by atoms with E-state index in [2.05, 4.69) is 33.8 Å². The molecule has 1 heteroatoms. The molecule has 1 aliphatic rings. The molecular weight excluding hydrogens is 340 g/mol. The Labute approximate surface area is 175 Å². The molecule has 0 bridgehead atoms. The SMILES string of the molecule is CCC(C)(C)CCCCCCc1cc(O)cc(CCCCCCC2(C)CC2)c1. The molecule has 28 heavy (non-hydrogen) atoms. The van der Waals surface area contributed by atoms with Crippen molar-refractivity contribution >= 4 is 0 Å². The zero-order valence-electron chi connectivity index (χ0n) is 19.3. The molecule has 2 rings (SSSR count). The van der Waals surface area contributed by atoms with Crippen LogP contribution in [0.2, 0.25) is 0 Å². The van der Waals surface area contributed by atoms with E-state index in [9.17, 15) is 5.11 Å². The van der Waals surface area contributed by atoms with Gasteiger partial charge in [-0.05, 0) is 85.5 Å². The molecule has 0 spiro atoms. The topological polar surface area (TPSA) is 20.2 Å². The summed E-state index contributed by atoms with van der Waals surface area (Å²) < 4.78 is 0. The molecule has 1 N–H and O–H groups in total. The number of phenolic OH excluding ortho intramolecular Hbond substituents is 1. The first-order chi connectivity index (χ1) is 13.3. The molecule has 0 aliphatic heterocycles. The van der Waals surface area contributed by atoms with Gasteiger partial charge in [0.25, 0.3) is 0 Å². The molecule has 0 saturated heterocycles. The fourth-order valence-electron chi connectivity index (χ4n) is 4.19. The van der Waals surface area contributed by atoms with Gasteiger partial charge in [0.15, 0.2) is 0 Å². The van der Waals surface area contributed by atoms with Crippen LogP contribution in [-0.2, 0) is 12.8 Å². The lowest BCUT2D eigenvalue weighted by molar-refractivity contribution is 0.307. The number of unbranched alkanes of at least 4 members (excludes halogenated alkanes) is 6. The highest BCUT2D eigenvalue weighted by molar-refractivity contribution is 5.33. The standard InChI is InChI=1S/C27H46O/c1-5-26(2,3)16-12-8-6-10-14-23-20-24(22-25(28)21-23)15-11-7-9-13-17-27(4)18-19-27/h20-22,28H,5-19H2,1-4H3. The van der Waals surface area contributed by atoms with Crippen molar-refractivity contribution < 1.29 is 5.11 Å². The number of rotatable bonds is 15. The van der Waals surface area contributed by atoms with Gasteiger partial charge in [0.05, 0.1) is 0 Å². The zero-order valence-corrected chi connectivity index (χ0v) is 19.3. The Morgan fingerprint density at radius 2 is 1.36 bits per heavy atom. The lowest BCUT2D eigenvalue weighted by Crippen LogP contribution is -2.08. The summed E-state index contributed by atoms with van der Waals surface area (Å²) in [6.07, 6.45) is 19.8. The van der Waals surface area contributed by atoms with Gasteiger partial charge in [-0.25, -0.2) is 0 Å². The fraction of sp³-hybridized carbons (Fsp3) is 0.778. The van der Waals surface area contributed by atoms with Crippen LogP contribution in [-0.4, -0.2) is 5.11 Å². The molecule has 1 aromatic carbocycles. The van der Waals surface area contributed by atoms with Gasteiger partial charge in [-0.3, -0.25) is 0 Å². The third-order valence-corrected chi connectivity index (χ3v) is 7.16. The van der Waals surface area contributed by atoms with Gasteiger partial charge in [0.1, 0.15) is 5.75 Å². The fourth-order valence-corrected chi connectivity index (χ4v) is 4.19. The highest BCUT2D eigenvalue weighted by Crippen LogP contribution is 2.49. The van der Waals surface area contributed by atoms with E-state index >= 15 is 0 Å². The van der Waals surface area contributed by atoms with Crippen LogP contribution in [0.4, 0.5) is 0 Å². The van der Waals surface area contributed by atoms with Crippen LogP contribution in [0, 0.1) is 10.8 Å². The maximum absolute atomic E-state index is 10.1. The average molecular weight is 387 g/mol. The zero-order chi connectivity index (χ0) is 20.5. The highest BCUT2D eigenvalue weighted by Gasteiger charge is 2.35. The summed E-state index contributed by atoms with van der Waals surface area (Å²) in [7, 11) is 0. The maximum atomic E-state index is 10.1. The van der Waals surface area contributed by atoms with Crippen molar-refractivity contribution in [2.75, 3.05) is 0 Å². The Hall–Kier alpha value is -0.980. The molecule has 0 radical (unpaired) electrons. The smallest absolute Gasteiger partial charge is 0.116 e. The second-order valence-electron chi connectivity index (χ2n) is 10.7. The lowest BCUT2D eigenvalue weighted by Gasteiger charge is -2.22. The summed E-state index contributed by atoms with van der Waals surface area (Å²) in [6.45, 7) is 9.50. The number of hydrogen-bond acceptors (Lipinski definition) is 1. The Kier molecular flexibility index (Phi) is 9.38. The molecule has 1 saturated carbocycles. The van der Waals surface area contributed by atoms with Crippen LogP contribution < -0.4 is 0 Å². The number of hydrogen-bond donors (Lipinski definition) is 1. The summed E-state index contributed by atoms with van der Waals surface area (Å²) in [5, 5.41) is 10.1. The number of aromatic hydroxyl groups is 1. The van der Waals surface area contributed by atoms with Crippen molar-refractivity contribution in [2.24, 2.45) is 10.8 Å². The molecule has 0 heterocycles. The van der Waals surface area contributed by atoms with E-state index in [4.69, 9.17) is 0 Å². The molecule has 0 atom stereocenters. The molecule has 0 aromatic heterocycles. The predicted octanol–water partition coefficient (Wildman–Crippen LogP) is 8.61. The number of aryl methyl sites for hydroxylation is 2. The van der Waals surface area contributed by atoms with Crippen LogP contribution in [0.15, 0.2) is 18.2 Å². The first-order valence-corrected chi connectivity index (χ1v) is 12.1. The van der Waals surface area contributed by atoms with E-state index in [-0.39, 0.29) is 0 Å². The number of phenols is 1. The molecule has 160 valence electrons. The van der Waals surface area contributed by atoms with Gasteiger partial charge >= 0.3 is 0 Å². The first kappa shape index (κ1) is 23.3. The van der Waals surface area contributed by atoms with E-state index in [0.717, 1.165) is 12.8 Å². The Balaban J connectivity index is 1.59. The predicted molar refractivity (Wildman–Crippen MR) is 123 cm³/mol. The number of benzene rings is 1. The summed E-state index contributed by atoms with van der Waals surface area (Å²) >= 11 is 0. The Morgan fingerprint density at radius 3 is 1.89 bits per heavy atom. The van der Waals surface area contributed by atoms with Crippen molar-refractivity contribution in [3.63, 3.8) is 0 Å². The quantitative estimate of drug-likeness (QED) is 0.299. The summed E-state index contributed by atoms with van der Waals surface area (Å²) in [6, 6.07) is 6.28. The van der Waals surface area contributed by atoms with Crippen molar-refractivity contribution in [3.05, 3.63) is 29.3 Å². The minimum absolute atomic E-state index is 0.457. The van der Waals surface area contributed by atoms with Crippen molar-refractivity contribution in [3.8, 4) is 5.75 Å². The molecule has 1 fully saturated rings. The van der Waals surface area contributed by atoms with Crippen LogP contribution in [0.5, 0.6) is 5.75 Å². The third kappa shape index (κ3) is 9.48. The van der Waals surface area contributed by atoms with Gasteiger partial charge in [-0.2, -0.15) is 0 Å². The van der Waals surface area contributed by atoms with Gasteiger partial charge in [0, 0.05) is 0 Å². The first-order valence-electron chi connectivity index (χ1n) is 12.1. The van der Waals surface area contributed by atoms with Crippen molar-refractivity contribution in [1.29, 1.82) is 0 Å². The van der Waals surface area contributed by atoms with E-state index in [0.29, 0.717) is 16.6 Å². The van der Waals surface area contributed by atoms with Gasteiger partial charge in [-0.15, -0.1) is 0 Å². The van der Waals surface area contributed by atoms with Gasteiger partial charge in [0.2, 0.25) is 0 Å². The van der Waals surface area contributed by atoms with Crippen LogP contribution in [0.3, 0.4) is 0 Å². The van der Waals surface area contributed by atoms with Crippen molar-refractivity contribution in [1.82, 2.24) is 0 Å². The summed E-state index contributed by atoms with van der Waals surface area (Å²) in [5.74, 6) is 0.457. The molecule has 1 nitrogen and oxygen atoms in total. The lowest BCUT2D eigenvalue weighted by atomic mass is 9.84. The Bertz CT molecular complexity index is 568. The van der Waals surface area contributed by atoms with Gasteiger partial charge in [-0.1, -0.05) is 78.7 Å². The second kappa shape index (κ2) is 11.3. The van der Waals surface area contributed by atoms with Crippen molar-refractivity contribution in [2.45, 2.75) is 124 Å². The molecular formula is C27H46O. The Morgan fingerprint density at radius 1 is 0.821 bits per heavy atom. The molecule has 0 unspecified atom stereocenters. The minimum atomic E-state index is 0.457. The molecule has 1 aliphatic carbocycles. The molecule has 1 aromatic rings. The third-order valence-electron chi connectivity index (χ3n) is 7.16. The summed E-state index contributed by atoms with van der Waals surface area (Å²) in [4.78, 5) is 0. The van der Waals surface area contributed by atoms with E-state index in [1.807, 2.05) is 12.1 Å². The normalized spacial score (nSPS) is 15.7. The minimum Gasteiger partial charge on any atom is -0.508 e. The average Bonchev–Trinajstić information content (AvgIpc) is 3.38. The van der Waals surface area contributed by atoms with E-state index in [1.165, 1.54) is 94.6 Å².